The Hall–Kier alpha value is -1.43. The molecule has 0 aromatic carbocycles. The van der Waals surface area contributed by atoms with Crippen LogP contribution < -0.4 is 0 Å². The van der Waals surface area contributed by atoms with Crippen LogP contribution in [0.25, 0.3) is 0 Å². The molecule has 0 N–H and O–H groups in total. The minimum absolute atomic E-state index is 0.319. The van der Waals surface area contributed by atoms with E-state index in [9.17, 15) is 0 Å². The molecule has 3 heteroatoms. The van der Waals surface area contributed by atoms with Crippen LogP contribution in [-0.2, 0) is 5.41 Å². The van der Waals surface area contributed by atoms with E-state index in [1.54, 1.807) is 12.4 Å². The van der Waals surface area contributed by atoms with E-state index in [4.69, 9.17) is 5.26 Å². The maximum Gasteiger partial charge on any atom is 0.101 e. The third-order valence-electron chi connectivity index (χ3n) is 2.69. The summed E-state index contributed by atoms with van der Waals surface area (Å²) >= 11 is 0. The van der Waals surface area contributed by atoms with Gasteiger partial charge < -0.3 is 0 Å². The first kappa shape index (κ1) is 8.18. The van der Waals surface area contributed by atoms with Gasteiger partial charge in [-0.05, 0) is 26.2 Å². The van der Waals surface area contributed by atoms with Crippen LogP contribution in [0.3, 0.4) is 0 Å². The van der Waals surface area contributed by atoms with Crippen molar-refractivity contribution in [3.8, 4) is 6.07 Å². The van der Waals surface area contributed by atoms with E-state index in [2.05, 4.69) is 16.0 Å². The molecule has 0 atom stereocenters. The highest BCUT2D eigenvalue weighted by atomic mass is 14.8. The average Bonchev–Trinajstić information content (AvgIpc) is 2.07. The lowest BCUT2D eigenvalue weighted by Gasteiger charge is -2.33. The summed E-state index contributed by atoms with van der Waals surface area (Å²) in [6, 6.07) is 2.35. The molecule has 0 amide bonds. The van der Waals surface area contributed by atoms with Crippen LogP contribution in [0.5, 0.6) is 0 Å². The Balaban J connectivity index is 2.35. The van der Waals surface area contributed by atoms with Crippen LogP contribution in [0, 0.1) is 18.3 Å². The highest BCUT2D eigenvalue weighted by Crippen LogP contribution is 2.41. The maximum atomic E-state index is 9.04. The van der Waals surface area contributed by atoms with Crippen molar-refractivity contribution < 1.29 is 0 Å². The Morgan fingerprint density at radius 1 is 1.38 bits per heavy atom. The molecule has 3 nitrogen and oxygen atoms in total. The highest BCUT2D eigenvalue weighted by molar-refractivity contribution is 5.28. The molecule has 1 heterocycles. The quantitative estimate of drug-likeness (QED) is 0.649. The van der Waals surface area contributed by atoms with Crippen LogP contribution in [0.2, 0.25) is 0 Å². The molecule has 1 aliphatic carbocycles. The van der Waals surface area contributed by atoms with E-state index in [1.807, 2.05) is 6.92 Å². The lowest BCUT2D eigenvalue weighted by atomic mass is 9.68. The minimum Gasteiger partial charge on any atom is -0.258 e. The molecule has 0 unspecified atom stereocenters. The van der Waals surface area contributed by atoms with Crippen LogP contribution in [0.4, 0.5) is 0 Å². The Morgan fingerprint density at radius 3 is 2.54 bits per heavy atom. The molecule has 13 heavy (non-hydrogen) atoms. The summed E-state index contributed by atoms with van der Waals surface area (Å²) in [5.74, 6) is 0. The maximum absolute atomic E-state index is 9.04. The molecule has 0 aliphatic heterocycles. The van der Waals surface area contributed by atoms with Crippen LogP contribution >= 0.6 is 0 Å². The molecule has 0 bridgehead atoms. The summed E-state index contributed by atoms with van der Waals surface area (Å²) in [4.78, 5) is 8.42. The smallest absolute Gasteiger partial charge is 0.101 e. The Labute approximate surface area is 77.4 Å². The average molecular weight is 173 g/mol. The highest BCUT2D eigenvalue weighted by Gasteiger charge is 2.40. The van der Waals surface area contributed by atoms with Crippen molar-refractivity contribution in [3.05, 3.63) is 23.8 Å². The minimum atomic E-state index is -0.319. The fraction of sp³-hybridized carbons (Fsp3) is 0.500. The second kappa shape index (κ2) is 2.81. The fourth-order valence-electron chi connectivity index (χ4n) is 1.60. The van der Waals surface area contributed by atoms with Gasteiger partial charge in [0.05, 0.1) is 23.7 Å². The second-order valence-corrected chi connectivity index (χ2v) is 3.59. The number of nitriles is 1. The van der Waals surface area contributed by atoms with Gasteiger partial charge in [-0.15, -0.1) is 0 Å². The van der Waals surface area contributed by atoms with E-state index >= 15 is 0 Å². The molecule has 0 radical (unpaired) electrons. The third-order valence-corrected chi connectivity index (χ3v) is 2.69. The predicted molar refractivity (Wildman–Crippen MR) is 47.9 cm³/mol. The van der Waals surface area contributed by atoms with Gasteiger partial charge in [0.15, 0.2) is 0 Å². The Bertz CT molecular complexity index is 343. The summed E-state index contributed by atoms with van der Waals surface area (Å²) in [5.41, 5.74) is 1.42. The van der Waals surface area contributed by atoms with Gasteiger partial charge in [0.1, 0.15) is 5.41 Å². The lowest BCUT2D eigenvalue weighted by Crippen LogP contribution is -2.33. The third kappa shape index (κ3) is 1.19. The number of aryl methyl sites for hydroxylation is 1. The zero-order valence-electron chi connectivity index (χ0n) is 7.62. The van der Waals surface area contributed by atoms with Gasteiger partial charge in [-0.25, -0.2) is 0 Å². The molecule has 1 aliphatic rings. The van der Waals surface area contributed by atoms with Crippen molar-refractivity contribution in [2.45, 2.75) is 31.6 Å². The molecular weight excluding hydrogens is 162 g/mol. The number of nitrogens with zero attached hydrogens (tertiary/aromatic N) is 3. The van der Waals surface area contributed by atoms with Gasteiger partial charge in [-0.1, -0.05) is 0 Å². The fourth-order valence-corrected chi connectivity index (χ4v) is 1.60. The normalized spacial score (nSPS) is 18.8. The molecule has 66 valence electrons. The summed E-state index contributed by atoms with van der Waals surface area (Å²) in [6.45, 7) is 1.90. The van der Waals surface area contributed by atoms with Crippen molar-refractivity contribution in [2.75, 3.05) is 0 Å². The monoisotopic (exact) mass is 173 g/mol. The molecule has 1 aromatic heterocycles. The van der Waals surface area contributed by atoms with E-state index in [0.717, 1.165) is 30.7 Å². The summed E-state index contributed by atoms with van der Waals surface area (Å²) < 4.78 is 0. The van der Waals surface area contributed by atoms with E-state index in [0.29, 0.717) is 0 Å². The van der Waals surface area contributed by atoms with E-state index < -0.39 is 0 Å². The summed E-state index contributed by atoms with van der Waals surface area (Å²) in [7, 11) is 0. The van der Waals surface area contributed by atoms with E-state index in [1.165, 1.54) is 0 Å². The van der Waals surface area contributed by atoms with Gasteiger partial charge in [-0.2, -0.15) is 5.26 Å². The first-order valence-corrected chi connectivity index (χ1v) is 4.47. The molecule has 1 aromatic rings. The van der Waals surface area contributed by atoms with Crippen molar-refractivity contribution in [1.29, 1.82) is 5.26 Å². The standard InChI is InChI=1S/C10H11N3/c1-8-5-13-9(6-12-8)10(7-11)3-2-4-10/h5-6H,2-4H2,1H3. The van der Waals surface area contributed by atoms with Crippen LogP contribution in [-0.4, -0.2) is 9.97 Å². The second-order valence-electron chi connectivity index (χ2n) is 3.59. The van der Waals surface area contributed by atoms with Crippen LogP contribution in [0.1, 0.15) is 30.7 Å². The molecule has 2 rings (SSSR count). The number of rotatable bonds is 1. The van der Waals surface area contributed by atoms with Gasteiger partial charge in [-0.3, -0.25) is 9.97 Å². The van der Waals surface area contributed by atoms with Gasteiger partial charge in [0.2, 0.25) is 0 Å². The lowest BCUT2D eigenvalue weighted by molar-refractivity contribution is 0.315. The number of hydrogen-bond acceptors (Lipinski definition) is 3. The van der Waals surface area contributed by atoms with Crippen molar-refractivity contribution in [2.24, 2.45) is 0 Å². The Morgan fingerprint density at radius 2 is 2.15 bits per heavy atom. The van der Waals surface area contributed by atoms with E-state index in [-0.39, 0.29) is 5.41 Å². The Kier molecular flexibility index (Phi) is 1.77. The summed E-state index contributed by atoms with van der Waals surface area (Å²) in [6.07, 6.45) is 6.45. The van der Waals surface area contributed by atoms with Crippen LogP contribution in [0.15, 0.2) is 12.4 Å². The first-order chi connectivity index (χ1) is 6.27. The van der Waals surface area contributed by atoms with Crippen molar-refractivity contribution >= 4 is 0 Å². The van der Waals surface area contributed by atoms with Crippen molar-refractivity contribution in [1.82, 2.24) is 9.97 Å². The molecule has 0 saturated heterocycles. The number of hydrogen-bond donors (Lipinski definition) is 0. The number of aromatic nitrogens is 2. The summed E-state index contributed by atoms with van der Waals surface area (Å²) in [5, 5.41) is 9.04. The zero-order valence-corrected chi connectivity index (χ0v) is 7.62. The van der Waals surface area contributed by atoms with Gasteiger partial charge in [0.25, 0.3) is 0 Å². The first-order valence-electron chi connectivity index (χ1n) is 4.47. The predicted octanol–water partition coefficient (Wildman–Crippen LogP) is 1.73. The van der Waals surface area contributed by atoms with Crippen molar-refractivity contribution in [3.63, 3.8) is 0 Å². The molecule has 1 saturated carbocycles. The SMILES string of the molecule is Cc1cnc(C2(C#N)CCC2)cn1. The van der Waals surface area contributed by atoms with Gasteiger partial charge >= 0.3 is 0 Å². The molecule has 0 spiro atoms. The van der Waals surface area contributed by atoms with Gasteiger partial charge in [0, 0.05) is 6.20 Å². The zero-order chi connectivity index (χ0) is 9.31. The molecule has 1 fully saturated rings. The molecular formula is C10H11N3. The largest absolute Gasteiger partial charge is 0.258 e. The topological polar surface area (TPSA) is 49.6 Å².